The molecule has 0 saturated carbocycles. The smallest absolute Gasteiger partial charge is 0.374 e. The molecule has 0 bridgehead atoms. The van der Waals surface area contributed by atoms with Crippen LogP contribution in [0.2, 0.25) is 0 Å². The van der Waals surface area contributed by atoms with Crippen LogP contribution >= 0.6 is 0 Å². The van der Waals surface area contributed by atoms with E-state index in [-0.39, 0.29) is 18.1 Å². The van der Waals surface area contributed by atoms with E-state index < -0.39 is 10.9 Å². The molecule has 2 aromatic heterocycles. The van der Waals surface area contributed by atoms with Gasteiger partial charge in [0, 0.05) is 24.2 Å². The van der Waals surface area contributed by atoms with Gasteiger partial charge in [-0.2, -0.15) is 0 Å². The van der Waals surface area contributed by atoms with Gasteiger partial charge < -0.3 is 9.15 Å². The third-order valence-electron chi connectivity index (χ3n) is 3.83. The van der Waals surface area contributed by atoms with Crippen molar-refractivity contribution in [2.75, 3.05) is 0 Å². The van der Waals surface area contributed by atoms with E-state index in [1.54, 1.807) is 22.9 Å². The predicted octanol–water partition coefficient (Wildman–Crippen LogP) is 3.00. The number of nitrogens with zero attached hydrogens (tertiary/aromatic N) is 5. The van der Waals surface area contributed by atoms with Crippen molar-refractivity contribution >= 4 is 11.7 Å². The Bertz CT molecular complexity index is 931. The van der Waals surface area contributed by atoms with Crippen molar-refractivity contribution in [3.63, 3.8) is 0 Å². The van der Waals surface area contributed by atoms with E-state index in [4.69, 9.17) is 9.15 Å². The molecule has 3 rings (SSSR count). The Balaban J connectivity index is 1.63. The van der Waals surface area contributed by atoms with Gasteiger partial charge in [-0.05, 0) is 41.1 Å². The number of rotatable bonds is 8. The molecule has 0 saturated heterocycles. The van der Waals surface area contributed by atoms with Crippen molar-refractivity contribution in [2.24, 2.45) is 0 Å². The fourth-order valence-electron chi connectivity index (χ4n) is 2.36. The lowest BCUT2D eigenvalue weighted by atomic mass is 10.1. The molecule has 0 unspecified atom stereocenters. The van der Waals surface area contributed by atoms with Gasteiger partial charge >= 0.3 is 5.97 Å². The number of aromatic nitrogens is 4. The maximum Gasteiger partial charge on any atom is 0.374 e. The number of furan rings is 1. The summed E-state index contributed by atoms with van der Waals surface area (Å²) >= 11 is 0. The molecule has 2 heterocycles. The molecule has 140 valence electrons. The Labute approximate surface area is 153 Å². The highest BCUT2D eigenvalue weighted by Crippen LogP contribution is 2.25. The van der Waals surface area contributed by atoms with E-state index in [0.29, 0.717) is 23.7 Å². The molecule has 0 aliphatic carbocycles. The third kappa shape index (κ3) is 4.35. The van der Waals surface area contributed by atoms with E-state index in [1.807, 2.05) is 0 Å². The number of unbranched alkanes of at least 4 members (excludes halogenated alkanes) is 1. The molecule has 3 aromatic rings. The zero-order valence-corrected chi connectivity index (χ0v) is 14.6. The van der Waals surface area contributed by atoms with Gasteiger partial charge in [-0.25, -0.2) is 9.48 Å². The third-order valence-corrected chi connectivity index (χ3v) is 3.83. The van der Waals surface area contributed by atoms with Gasteiger partial charge in [0.1, 0.15) is 5.76 Å². The van der Waals surface area contributed by atoms with Crippen LogP contribution in [0.25, 0.3) is 11.3 Å². The molecule has 0 aliphatic rings. The number of carbonyl (C=O) groups is 1. The summed E-state index contributed by atoms with van der Waals surface area (Å²) in [4.78, 5) is 22.4. The summed E-state index contributed by atoms with van der Waals surface area (Å²) in [5.74, 6) is 0.243. The van der Waals surface area contributed by atoms with Gasteiger partial charge in [-0.3, -0.25) is 10.1 Å². The first-order chi connectivity index (χ1) is 13.1. The van der Waals surface area contributed by atoms with Crippen LogP contribution < -0.4 is 0 Å². The van der Waals surface area contributed by atoms with Crippen molar-refractivity contribution in [1.29, 1.82) is 0 Å². The zero-order chi connectivity index (χ0) is 19.2. The number of esters is 1. The van der Waals surface area contributed by atoms with E-state index in [1.165, 1.54) is 18.2 Å². The molecule has 0 atom stereocenters. The molecule has 0 aliphatic heterocycles. The van der Waals surface area contributed by atoms with Gasteiger partial charge in [-0.1, -0.05) is 13.3 Å². The summed E-state index contributed by atoms with van der Waals surface area (Å²) in [7, 11) is 0. The average molecular weight is 371 g/mol. The Morgan fingerprint density at radius 1 is 1.26 bits per heavy atom. The van der Waals surface area contributed by atoms with Crippen LogP contribution in [-0.4, -0.2) is 31.1 Å². The molecule has 27 heavy (non-hydrogen) atoms. The largest absolute Gasteiger partial charge is 0.452 e. The lowest BCUT2D eigenvalue weighted by Gasteiger charge is -2.04. The number of aryl methyl sites for hydroxylation is 1. The first-order valence-corrected chi connectivity index (χ1v) is 8.35. The number of carbonyl (C=O) groups excluding carboxylic acids is 1. The van der Waals surface area contributed by atoms with Gasteiger partial charge in [0.15, 0.2) is 12.4 Å². The number of tetrazole rings is 1. The Hall–Kier alpha value is -3.56. The molecule has 1 aromatic carbocycles. The molecule has 0 fully saturated rings. The first-order valence-electron chi connectivity index (χ1n) is 8.35. The second kappa shape index (κ2) is 8.21. The summed E-state index contributed by atoms with van der Waals surface area (Å²) in [6, 6.07) is 8.92. The van der Waals surface area contributed by atoms with E-state index in [0.717, 1.165) is 12.8 Å². The van der Waals surface area contributed by atoms with Crippen molar-refractivity contribution in [3.05, 3.63) is 58.1 Å². The minimum absolute atomic E-state index is 0.0225. The van der Waals surface area contributed by atoms with E-state index >= 15 is 0 Å². The normalized spacial score (nSPS) is 10.7. The number of nitro benzene ring substituents is 1. The molecule has 0 spiro atoms. The van der Waals surface area contributed by atoms with Crippen LogP contribution in [-0.2, 0) is 17.9 Å². The molecule has 10 nitrogen and oxygen atoms in total. The second-order valence-corrected chi connectivity index (χ2v) is 5.72. The Kier molecular flexibility index (Phi) is 5.55. The first kappa shape index (κ1) is 18.2. The number of non-ortho nitro benzene ring substituents is 1. The highest BCUT2D eigenvalue weighted by molar-refractivity contribution is 5.87. The van der Waals surface area contributed by atoms with Crippen molar-refractivity contribution in [1.82, 2.24) is 20.2 Å². The summed E-state index contributed by atoms with van der Waals surface area (Å²) < 4.78 is 12.3. The minimum atomic E-state index is -0.645. The van der Waals surface area contributed by atoms with Crippen LogP contribution in [0.4, 0.5) is 5.69 Å². The topological polar surface area (TPSA) is 126 Å². The van der Waals surface area contributed by atoms with Crippen molar-refractivity contribution in [2.45, 2.75) is 32.9 Å². The van der Waals surface area contributed by atoms with Crippen LogP contribution in [0.5, 0.6) is 0 Å². The number of benzene rings is 1. The van der Waals surface area contributed by atoms with E-state index in [2.05, 4.69) is 22.4 Å². The molecular formula is C17H17N5O5. The summed E-state index contributed by atoms with van der Waals surface area (Å²) in [6.45, 7) is 2.65. The van der Waals surface area contributed by atoms with Gasteiger partial charge in [-0.15, -0.1) is 5.10 Å². The maximum absolute atomic E-state index is 12.2. The van der Waals surface area contributed by atoms with E-state index in [9.17, 15) is 14.9 Å². The van der Waals surface area contributed by atoms with Gasteiger partial charge in [0.2, 0.25) is 5.76 Å². The molecular weight excluding hydrogens is 354 g/mol. The quantitative estimate of drug-likeness (QED) is 0.336. The highest BCUT2D eigenvalue weighted by atomic mass is 16.6. The molecule has 10 heteroatoms. The lowest BCUT2D eigenvalue weighted by molar-refractivity contribution is -0.384. The number of hydrogen-bond acceptors (Lipinski definition) is 8. The summed E-state index contributed by atoms with van der Waals surface area (Å²) in [5.41, 5.74) is 0.592. The SMILES string of the molecule is CCCCn1nnnc1COC(=O)c1ccc(-c2ccc([N+](=O)[O-])cc2)o1. The lowest BCUT2D eigenvalue weighted by Crippen LogP contribution is -2.10. The average Bonchev–Trinajstić information content (AvgIpc) is 3.34. The molecule has 0 radical (unpaired) electrons. The van der Waals surface area contributed by atoms with Crippen LogP contribution in [0.3, 0.4) is 0 Å². The van der Waals surface area contributed by atoms with Gasteiger partial charge in [0.25, 0.3) is 5.69 Å². The Morgan fingerprint density at radius 3 is 2.74 bits per heavy atom. The van der Waals surface area contributed by atoms with Crippen LogP contribution in [0.1, 0.15) is 36.1 Å². The Morgan fingerprint density at radius 2 is 2.04 bits per heavy atom. The molecule has 0 amide bonds. The monoisotopic (exact) mass is 371 g/mol. The number of ether oxygens (including phenoxy) is 1. The van der Waals surface area contributed by atoms with Crippen molar-refractivity contribution < 1.29 is 18.9 Å². The second-order valence-electron chi connectivity index (χ2n) is 5.72. The standard InChI is InChI=1S/C17H17N5O5/c1-2-3-10-21-16(18-19-20-21)11-26-17(23)15-9-8-14(27-15)12-4-6-13(7-5-12)22(24)25/h4-9H,2-3,10-11H2,1H3. The zero-order valence-electron chi connectivity index (χ0n) is 14.6. The summed E-state index contributed by atoms with van der Waals surface area (Å²) in [5, 5.41) is 22.0. The minimum Gasteiger partial charge on any atom is -0.452 e. The fraction of sp³-hybridized carbons (Fsp3) is 0.294. The fourth-order valence-corrected chi connectivity index (χ4v) is 2.36. The maximum atomic E-state index is 12.2. The van der Waals surface area contributed by atoms with Crippen molar-refractivity contribution in [3.8, 4) is 11.3 Å². The van der Waals surface area contributed by atoms with Crippen LogP contribution in [0, 0.1) is 10.1 Å². The highest BCUT2D eigenvalue weighted by Gasteiger charge is 2.16. The number of nitro groups is 1. The number of hydrogen-bond donors (Lipinski definition) is 0. The van der Waals surface area contributed by atoms with Gasteiger partial charge in [0.05, 0.1) is 4.92 Å². The van der Waals surface area contributed by atoms with Crippen LogP contribution in [0.15, 0.2) is 40.8 Å². The predicted molar refractivity (Wildman–Crippen MR) is 92.6 cm³/mol. The molecule has 0 N–H and O–H groups in total. The summed E-state index contributed by atoms with van der Waals surface area (Å²) in [6.07, 6.45) is 1.92.